The van der Waals surface area contributed by atoms with Gasteiger partial charge in [-0.1, -0.05) is 79.7 Å². The fraction of sp³-hybridized carbons (Fsp3) is 0.273. The van der Waals surface area contributed by atoms with Gasteiger partial charge in [0.2, 0.25) is 0 Å². The standard InChI is InChI=1S/C33H34N4O4.K/c1-5-9-29-34-22(4)30(25-16-18-26(19-17-25)40-21(3)6-2)32(38)37(29)20-23-12-14-24(15-13-23)27-10-7-8-11-28(27)31-35-33(39)41-36-31;/h7-8,10-19,21H,5-6,9,20H2,1-4H3,(H,35,36,39);. The third-order valence-corrected chi connectivity index (χ3v) is 7.19. The minimum Gasteiger partial charge on any atom is -0.491 e. The van der Waals surface area contributed by atoms with Gasteiger partial charge in [0.15, 0.2) is 5.82 Å². The predicted octanol–water partition coefficient (Wildman–Crippen LogP) is 6.03. The van der Waals surface area contributed by atoms with Crippen LogP contribution in [0.2, 0.25) is 0 Å². The summed E-state index contributed by atoms with van der Waals surface area (Å²) in [5, 5.41) is 3.85. The minimum absolute atomic E-state index is 0. The summed E-state index contributed by atoms with van der Waals surface area (Å²) in [7, 11) is 0. The van der Waals surface area contributed by atoms with E-state index >= 15 is 0 Å². The van der Waals surface area contributed by atoms with Gasteiger partial charge in [0.05, 0.1) is 23.9 Å². The zero-order valence-electron chi connectivity index (χ0n) is 24.8. The summed E-state index contributed by atoms with van der Waals surface area (Å²) in [5.74, 6) is 1.34. The molecule has 0 amide bonds. The molecule has 2 heterocycles. The number of H-pyrrole nitrogens is 1. The van der Waals surface area contributed by atoms with E-state index in [0.29, 0.717) is 24.4 Å². The van der Waals surface area contributed by atoms with Gasteiger partial charge in [0.25, 0.3) is 5.56 Å². The van der Waals surface area contributed by atoms with E-state index in [1.54, 1.807) is 4.57 Å². The zero-order chi connectivity index (χ0) is 28.9. The molecule has 0 aliphatic rings. The molecule has 42 heavy (non-hydrogen) atoms. The van der Waals surface area contributed by atoms with Crippen LogP contribution in [0.1, 0.15) is 50.7 Å². The summed E-state index contributed by atoms with van der Waals surface area (Å²) >= 11 is 0. The Morgan fingerprint density at radius 2 is 1.60 bits per heavy atom. The average Bonchev–Trinajstić information content (AvgIpc) is 3.42. The smallest absolute Gasteiger partial charge is 0.439 e. The van der Waals surface area contributed by atoms with Crippen LogP contribution in [0, 0.1) is 6.92 Å². The zero-order valence-corrected chi connectivity index (χ0v) is 27.9. The molecule has 8 nitrogen and oxygen atoms in total. The Labute approximate surface area is 287 Å². The summed E-state index contributed by atoms with van der Waals surface area (Å²) in [6.07, 6.45) is 2.64. The topological polar surface area (TPSA) is 103 Å². The van der Waals surface area contributed by atoms with E-state index in [4.69, 9.17) is 14.2 Å². The van der Waals surface area contributed by atoms with Crippen molar-refractivity contribution in [3.05, 3.63) is 111 Å². The van der Waals surface area contributed by atoms with Gasteiger partial charge in [-0.3, -0.25) is 18.9 Å². The molecule has 5 rings (SSSR count). The molecule has 1 radical (unpaired) electrons. The Kier molecular flexibility index (Phi) is 10.9. The third kappa shape index (κ3) is 7.10. The van der Waals surface area contributed by atoms with Gasteiger partial charge >= 0.3 is 5.76 Å². The number of rotatable bonds is 10. The number of nitrogens with one attached hydrogen (secondary N) is 1. The number of benzene rings is 3. The molecule has 1 N–H and O–H groups in total. The van der Waals surface area contributed by atoms with Crippen molar-refractivity contribution in [3.8, 4) is 39.4 Å². The molecule has 0 saturated heterocycles. The molecule has 1 unspecified atom stereocenters. The number of ether oxygens (including phenoxy) is 1. The summed E-state index contributed by atoms with van der Waals surface area (Å²) in [6.45, 7) is 8.52. The van der Waals surface area contributed by atoms with Crippen molar-refractivity contribution in [1.29, 1.82) is 0 Å². The number of hydrogen-bond donors (Lipinski definition) is 1. The monoisotopic (exact) mass is 589 g/mol. The maximum atomic E-state index is 13.9. The van der Waals surface area contributed by atoms with E-state index in [9.17, 15) is 9.59 Å². The first-order valence-electron chi connectivity index (χ1n) is 14.0. The second-order valence-corrected chi connectivity index (χ2v) is 10.2. The molecule has 3 aromatic carbocycles. The summed E-state index contributed by atoms with van der Waals surface area (Å²) in [6, 6.07) is 23.4. The molecular weight excluding hydrogens is 555 g/mol. The van der Waals surface area contributed by atoms with Crippen LogP contribution >= 0.6 is 0 Å². The van der Waals surface area contributed by atoms with Crippen LogP contribution in [-0.4, -0.2) is 77.2 Å². The molecular formula is C33H34KN4O4. The molecule has 0 spiro atoms. The first-order chi connectivity index (χ1) is 19.9. The molecule has 1 atom stereocenters. The van der Waals surface area contributed by atoms with E-state index in [-0.39, 0.29) is 63.0 Å². The van der Waals surface area contributed by atoms with Crippen molar-refractivity contribution in [2.75, 3.05) is 0 Å². The average molecular weight is 590 g/mol. The molecule has 0 aliphatic carbocycles. The second kappa shape index (κ2) is 14.4. The fourth-order valence-corrected chi connectivity index (χ4v) is 4.90. The number of aromatic amines is 1. The summed E-state index contributed by atoms with van der Waals surface area (Å²) < 4.78 is 12.4. The molecule has 0 saturated carbocycles. The molecule has 9 heteroatoms. The van der Waals surface area contributed by atoms with Gasteiger partial charge in [-0.05, 0) is 61.1 Å². The van der Waals surface area contributed by atoms with E-state index in [0.717, 1.165) is 57.9 Å². The minimum atomic E-state index is -0.597. The van der Waals surface area contributed by atoms with Gasteiger partial charge in [-0.15, -0.1) is 0 Å². The maximum absolute atomic E-state index is 13.9. The Bertz CT molecular complexity index is 1760. The Morgan fingerprint density at radius 1 is 0.929 bits per heavy atom. The predicted molar refractivity (Wildman–Crippen MR) is 166 cm³/mol. The Balaban J connectivity index is 0.00000405. The fourth-order valence-electron chi connectivity index (χ4n) is 4.90. The van der Waals surface area contributed by atoms with E-state index in [1.807, 2.05) is 86.6 Å². The third-order valence-electron chi connectivity index (χ3n) is 7.19. The van der Waals surface area contributed by atoms with Gasteiger partial charge in [0.1, 0.15) is 11.6 Å². The molecule has 0 aliphatic heterocycles. The molecule has 0 fully saturated rings. The summed E-state index contributed by atoms with van der Waals surface area (Å²) in [5.41, 5.74) is 5.71. The molecule has 211 valence electrons. The number of hydrogen-bond acceptors (Lipinski definition) is 6. The quantitative estimate of drug-likeness (QED) is 0.200. The van der Waals surface area contributed by atoms with Crippen LogP contribution in [0.25, 0.3) is 33.6 Å². The van der Waals surface area contributed by atoms with Gasteiger partial charge in [-0.25, -0.2) is 9.78 Å². The maximum Gasteiger partial charge on any atom is 0.439 e. The van der Waals surface area contributed by atoms with Crippen LogP contribution in [-0.2, 0) is 13.0 Å². The van der Waals surface area contributed by atoms with Crippen LogP contribution in [0.5, 0.6) is 5.75 Å². The molecule has 2 aromatic heterocycles. The molecule has 5 aromatic rings. The normalized spacial score (nSPS) is 11.6. The van der Waals surface area contributed by atoms with Gasteiger partial charge in [0, 0.05) is 63.4 Å². The first-order valence-corrected chi connectivity index (χ1v) is 14.0. The van der Waals surface area contributed by atoms with E-state index < -0.39 is 5.76 Å². The SMILES string of the molecule is CCCc1nc(C)c(-c2ccc(OC(C)CC)cc2)c(=O)n1Cc1ccc(-c2ccccc2-c2noc(=O)[nH]2)cc1.[K]. The van der Waals surface area contributed by atoms with Crippen molar-refractivity contribution >= 4 is 51.4 Å². The second-order valence-electron chi connectivity index (χ2n) is 10.2. The van der Waals surface area contributed by atoms with Crippen LogP contribution in [0.4, 0.5) is 0 Å². The number of nitrogens with zero attached hydrogens (tertiary/aromatic N) is 3. The van der Waals surface area contributed by atoms with Crippen molar-refractivity contribution < 1.29 is 9.26 Å². The first kappa shape index (κ1) is 31.8. The van der Waals surface area contributed by atoms with Crippen LogP contribution < -0.4 is 16.1 Å². The largest absolute Gasteiger partial charge is 0.491 e. The van der Waals surface area contributed by atoms with Gasteiger partial charge < -0.3 is 4.74 Å². The summed E-state index contributed by atoms with van der Waals surface area (Å²) in [4.78, 5) is 32.9. The Hall–Kier alpha value is -3.08. The molecule has 0 bridgehead atoms. The van der Waals surface area contributed by atoms with E-state index in [2.05, 4.69) is 24.0 Å². The van der Waals surface area contributed by atoms with Crippen molar-refractivity contribution in [2.24, 2.45) is 0 Å². The Morgan fingerprint density at radius 3 is 2.21 bits per heavy atom. The van der Waals surface area contributed by atoms with E-state index in [1.165, 1.54) is 0 Å². The number of aryl methyl sites for hydroxylation is 2. The number of aromatic nitrogens is 4. The van der Waals surface area contributed by atoms with Crippen LogP contribution in [0.3, 0.4) is 0 Å². The van der Waals surface area contributed by atoms with Gasteiger partial charge in [-0.2, -0.15) is 0 Å². The van der Waals surface area contributed by atoms with Crippen LogP contribution in [0.15, 0.2) is 86.9 Å². The van der Waals surface area contributed by atoms with Crippen molar-refractivity contribution in [1.82, 2.24) is 19.7 Å². The van der Waals surface area contributed by atoms with Crippen molar-refractivity contribution in [3.63, 3.8) is 0 Å². The van der Waals surface area contributed by atoms with Crippen molar-refractivity contribution in [2.45, 2.75) is 59.6 Å².